The van der Waals surface area contributed by atoms with Crippen LogP contribution in [0.25, 0.3) is 11.0 Å². The van der Waals surface area contributed by atoms with Gasteiger partial charge in [-0.05, 0) is 18.4 Å². The lowest BCUT2D eigenvalue weighted by Gasteiger charge is -2.12. The lowest BCUT2D eigenvalue weighted by molar-refractivity contribution is -0.133. The maximum absolute atomic E-state index is 10.8. The van der Waals surface area contributed by atoms with E-state index in [2.05, 4.69) is 22.7 Å². The molecule has 2 rings (SSSR count). The molecule has 1 heterocycles. The molecule has 2 aromatic rings. The molecule has 1 atom stereocenters. The molecule has 0 bridgehead atoms. The number of carbonyl (C=O) groups is 1. The van der Waals surface area contributed by atoms with E-state index in [9.17, 15) is 4.79 Å². The monoisotopic (exact) mass is 326 g/mol. The highest BCUT2D eigenvalue weighted by Crippen LogP contribution is 2.30. The summed E-state index contributed by atoms with van der Waals surface area (Å²) in [5.41, 5.74) is 1.75. The fraction of sp³-hybridized carbons (Fsp3) is 0.429. The molecule has 0 aliphatic rings. The van der Waals surface area contributed by atoms with Crippen LogP contribution in [0.5, 0.6) is 5.75 Å². The van der Waals surface area contributed by atoms with Gasteiger partial charge in [-0.3, -0.25) is 4.79 Å². The molecular weight excluding hydrogens is 308 g/mol. The van der Waals surface area contributed by atoms with Crippen LogP contribution < -0.4 is 4.74 Å². The first kappa shape index (κ1) is 16.0. The second-order valence-corrected chi connectivity index (χ2v) is 6.78. The number of para-hydroxylation sites is 1. The number of ether oxygens (including phenoxy) is 1. The number of carboxylic acid groups (broad SMARTS) is 1. The average Bonchev–Trinajstić information content (AvgIpc) is 2.82. The SMILES string of the molecule is COc1cccc2c1nc(SCC(=O)O)n2CC(C)SC. The standard InChI is InChI=1S/C14H18N2O3S2/c1-9(20-3)7-16-10-5-4-6-11(19-2)13(10)15-14(16)21-8-12(17)18/h4-6,9H,7-8H2,1-3H3,(H,17,18). The molecule has 1 unspecified atom stereocenters. The quantitative estimate of drug-likeness (QED) is 0.789. The summed E-state index contributed by atoms with van der Waals surface area (Å²) in [7, 11) is 1.61. The molecule has 1 N–H and O–H groups in total. The van der Waals surface area contributed by atoms with Crippen LogP contribution >= 0.6 is 23.5 Å². The predicted octanol–water partition coefficient (Wildman–Crippen LogP) is 2.97. The van der Waals surface area contributed by atoms with Crippen molar-refractivity contribution in [2.45, 2.75) is 23.9 Å². The highest BCUT2D eigenvalue weighted by atomic mass is 32.2. The van der Waals surface area contributed by atoms with Crippen molar-refractivity contribution >= 4 is 40.5 Å². The first-order chi connectivity index (χ1) is 10.1. The topological polar surface area (TPSA) is 64.3 Å². The molecular formula is C14H18N2O3S2. The van der Waals surface area contributed by atoms with Gasteiger partial charge in [0, 0.05) is 11.8 Å². The van der Waals surface area contributed by atoms with Gasteiger partial charge < -0.3 is 14.4 Å². The number of imidazole rings is 1. The third kappa shape index (κ3) is 3.65. The summed E-state index contributed by atoms with van der Waals surface area (Å²) >= 11 is 3.01. The minimum atomic E-state index is -0.844. The molecule has 0 saturated heterocycles. The largest absolute Gasteiger partial charge is 0.494 e. The number of carboxylic acids is 1. The maximum Gasteiger partial charge on any atom is 0.313 e. The zero-order valence-corrected chi connectivity index (χ0v) is 13.8. The van der Waals surface area contributed by atoms with Gasteiger partial charge in [-0.1, -0.05) is 24.8 Å². The number of hydrogen-bond donors (Lipinski definition) is 1. The van der Waals surface area contributed by atoms with E-state index >= 15 is 0 Å². The molecule has 0 radical (unpaired) electrons. The Bertz CT molecular complexity index is 642. The van der Waals surface area contributed by atoms with Gasteiger partial charge in [0.15, 0.2) is 5.16 Å². The van der Waals surface area contributed by atoms with Gasteiger partial charge in [0.05, 0.1) is 18.4 Å². The maximum atomic E-state index is 10.8. The van der Waals surface area contributed by atoms with Crippen LogP contribution in [0.1, 0.15) is 6.92 Å². The third-order valence-electron chi connectivity index (χ3n) is 3.09. The van der Waals surface area contributed by atoms with Gasteiger partial charge in [-0.2, -0.15) is 11.8 Å². The van der Waals surface area contributed by atoms with Gasteiger partial charge in [-0.15, -0.1) is 0 Å². The number of methoxy groups -OCH3 is 1. The Balaban J connectivity index is 2.48. The van der Waals surface area contributed by atoms with Crippen molar-refractivity contribution in [1.82, 2.24) is 9.55 Å². The van der Waals surface area contributed by atoms with Gasteiger partial charge in [0.2, 0.25) is 0 Å². The number of thioether (sulfide) groups is 2. The molecule has 1 aromatic heterocycles. The summed E-state index contributed by atoms with van der Waals surface area (Å²) in [6.07, 6.45) is 2.06. The van der Waals surface area contributed by atoms with Crippen molar-refractivity contribution in [1.29, 1.82) is 0 Å². The number of fused-ring (bicyclic) bond motifs is 1. The Morgan fingerprint density at radius 3 is 2.90 bits per heavy atom. The molecule has 0 aliphatic heterocycles. The van der Waals surface area contributed by atoms with E-state index < -0.39 is 5.97 Å². The smallest absolute Gasteiger partial charge is 0.313 e. The van der Waals surface area contributed by atoms with E-state index in [0.717, 1.165) is 22.7 Å². The normalized spacial score (nSPS) is 12.5. The van der Waals surface area contributed by atoms with Crippen molar-refractivity contribution in [3.05, 3.63) is 18.2 Å². The zero-order chi connectivity index (χ0) is 15.4. The molecule has 7 heteroatoms. The molecule has 0 amide bonds. The van der Waals surface area contributed by atoms with E-state index in [1.807, 2.05) is 18.2 Å². The lowest BCUT2D eigenvalue weighted by Crippen LogP contribution is -2.10. The van der Waals surface area contributed by atoms with Crippen LogP contribution in [0.4, 0.5) is 0 Å². The van der Waals surface area contributed by atoms with Crippen molar-refractivity contribution < 1.29 is 14.6 Å². The minimum absolute atomic E-state index is 0.000708. The minimum Gasteiger partial charge on any atom is -0.494 e. The van der Waals surface area contributed by atoms with E-state index in [1.165, 1.54) is 11.8 Å². The lowest BCUT2D eigenvalue weighted by atomic mass is 10.3. The van der Waals surface area contributed by atoms with E-state index in [4.69, 9.17) is 9.84 Å². The predicted molar refractivity (Wildman–Crippen MR) is 87.6 cm³/mol. The van der Waals surface area contributed by atoms with Crippen molar-refractivity contribution in [3.63, 3.8) is 0 Å². The number of benzene rings is 1. The van der Waals surface area contributed by atoms with Gasteiger partial charge >= 0.3 is 5.97 Å². The molecule has 5 nitrogen and oxygen atoms in total. The zero-order valence-electron chi connectivity index (χ0n) is 12.2. The molecule has 0 fully saturated rings. The number of nitrogens with zero attached hydrogens (tertiary/aromatic N) is 2. The van der Waals surface area contributed by atoms with E-state index in [1.54, 1.807) is 18.9 Å². The summed E-state index contributed by atoms with van der Waals surface area (Å²) in [5.74, 6) is -0.136. The summed E-state index contributed by atoms with van der Waals surface area (Å²) in [5, 5.41) is 10.0. The third-order valence-corrected chi connectivity index (χ3v) is 5.01. The van der Waals surface area contributed by atoms with Crippen LogP contribution in [0.2, 0.25) is 0 Å². The average molecular weight is 326 g/mol. The number of rotatable bonds is 7. The highest BCUT2D eigenvalue weighted by molar-refractivity contribution is 7.99. The second kappa shape index (κ2) is 7.09. The first-order valence-corrected chi connectivity index (χ1v) is 8.74. The Morgan fingerprint density at radius 2 is 2.29 bits per heavy atom. The second-order valence-electron chi connectivity index (χ2n) is 4.56. The van der Waals surface area contributed by atoms with Crippen LogP contribution in [-0.4, -0.2) is 45.0 Å². The summed E-state index contributed by atoms with van der Waals surface area (Å²) in [6.45, 7) is 2.93. The van der Waals surface area contributed by atoms with E-state index in [0.29, 0.717) is 11.0 Å². The molecule has 0 saturated carbocycles. The fourth-order valence-electron chi connectivity index (χ4n) is 2.01. The van der Waals surface area contributed by atoms with Gasteiger partial charge in [0.1, 0.15) is 11.3 Å². The summed E-state index contributed by atoms with van der Waals surface area (Å²) in [6, 6.07) is 5.78. The Morgan fingerprint density at radius 1 is 1.52 bits per heavy atom. The van der Waals surface area contributed by atoms with Crippen LogP contribution in [0.3, 0.4) is 0 Å². The van der Waals surface area contributed by atoms with Gasteiger partial charge in [-0.25, -0.2) is 4.98 Å². The Hall–Kier alpha value is -1.34. The fourth-order valence-corrected chi connectivity index (χ4v) is 3.04. The number of aromatic nitrogens is 2. The number of aliphatic carboxylic acids is 1. The molecule has 1 aromatic carbocycles. The molecule has 0 spiro atoms. The molecule has 0 aliphatic carbocycles. The van der Waals surface area contributed by atoms with Gasteiger partial charge in [0.25, 0.3) is 0 Å². The molecule has 21 heavy (non-hydrogen) atoms. The van der Waals surface area contributed by atoms with Crippen molar-refractivity contribution in [3.8, 4) is 5.75 Å². The first-order valence-electron chi connectivity index (χ1n) is 6.47. The van der Waals surface area contributed by atoms with Crippen LogP contribution in [0, 0.1) is 0 Å². The number of hydrogen-bond acceptors (Lipinski definition) is 5. The summed E-state index contributed by atoms with van der Waals surface area (Å²) in [4.78, 5) is 15.4. The Labute approximate surface area is 132 Å². The summed E-state index contributed by atoms with van der Waals surface area (Å²) < 4.78 is 7.42. The van der Waals surface area contributed by atoms with Crippen LogP contribution in [-0.2, 0) is 11.3 Å². The van der Waals surface area contributed by atoms with Crippen molar-refractivity contribution in [2.24, 2.45) is 0 Å². The van der Waals surface area contributed by atoms with Crippen LogP contribution in [0.15, 0.2) is 23.4 Å². The molecule has 114 valence electrons. The van der Waals surface area contributed by atoms with E-state index in [-0.39, 0.29) is 5.75 Å². The highest BCUT2D eigenvalue weighted by Gasteiger charge is 2.17. The Kier molecular flexibility index (Phi) is 5.41. The van der Waals surface area contributed by atoms with Crippen molar-refractivity contribution in [2.75, 3.05) is 19.1 Å².